The molecule has 0 radical (unpaired) electrons. The summed E-state index contributed by atoms with van der Waals surface area (Å²) in [5.41, 5.74) is 2.90. The van der Waals surface area contributed by atoms with Gasteiger partial charge in [0.1, 0.15) is 0 Å². The van der Waals surface area contributed by atoms with Crippen LogP contribution < -0.4 is 5.32 Å². The van der Waals surface area contributed by atoms with Gasteiger partial charge in [0.25, 0.3) is 5.91 Å². The van der Waals surface area contributed by atoms with Crippen LogP contribution >= 0.6 is 0 Å². The van der Waals surface area contributed by atoms with Gasteiger partial charge >= 0.3 is 0 Å². The first-order valence-corrected chi connectivity index (χ1v) is 8.29. The van der Waals surface area contributed by atoms with Gasteiger partial charge in [0.05, 0.1) is 17.3 Å². The molecular weight excluding hydrogens is 300 g/mol. The average molecular weight is 326 g/mol. The van der Waals surface area contributed by atoms with Crippen molar-refractivity contribution in [1.29, 1.82) is 0 Å². The normalized spacial score (nSPS) is 12.7. The molecule has 1 heterocycles. The fourth-order valence-electron chi connectivity index (χ4n) is 2.41. The number of hydrogen-bond donors (Lipinski definition) is 2. The van der Waals surface area contributed by atoms with Crippen molar-refractivity contribution in [3.8, 4) is 0 Å². The van der Waals surface area contributed by atoms with E-state index in [0.29, 0.717) is 12.0 Å². The second-order valence-corrected chi connectivity index (χ2v) is 6.97. The van der Waals surface area contributed by atoms with E-state index in [1.54, 1.807) is 26.1 Å². The molecule has 2 rings (SSSR count). The molecule has 2 aromatic rings. The van der Waals surface area contributed by atoms with E-state index in [9.17, 15) is 9.90 Å². The molecule has 1 aromatic carbocycles. The summed E-state index contributed by atoms with van der Waals surface area (Å²) < 4.78 is 0. The highest BCUT2D eigenvalue weighted by molar-refractivity contribution is 5.94. The Bertz CT molecular complexity index is 688. The van der Waals surface area contributed by atoms with Crippen molar-refractivity contribution in [2.24, 2.45) is 0 Å². The molecule has 0 aliphatic carbocycles. The van der Waals surface area contributed by atoms with Crippen LogP contribution in [0.25, 0.3) is 0 Å². The fourth-order valence-corrected chi connectivity index (χ4v) is 2.41. The van der Waals surface area contributed by atoms with Gasteiger partial charge in [0, 0.05) is 11.8 Å². The van der Waals surface area contributed by atoms with Crippen LogP contribution in [0.1, 0.15) is 60.4 Å². The first-order valence-electron chi connectivity index (χ1n) is 8.29. The molecule has 128 valence electrons. The van der Waals surface area contributed by atoms with Crippen molar-refractivity contribution in [2.75, 3.05) is 0 Å². The highest BCUT2D eigenvalue weighted by Gasteiger charge is 2.15. The van der Waals surface area contributed by atoms with E-state index in [4.69, 9.17) is 0 Å². The van der Waals surface area contributed by atoms with E-state index in [2.05, 4.69) is 10.3 Å². The molecule has 1 amide bonds. The van der Waals surface area contributed by atoms with Crippen LogP contribution in [0.5, 0.6) is 0 Å². The molecule has 0 fully saturated rings. The zero-order chi connectivity index (χ0) is 17.7. The van der Waals surface area contributed by atoms with E-state index >= 15 is 0 Å². The number of rotatable bonds is 6. The molecule has 0 aliphatic heterocycles. The monoisotopic (exact) mass is 326 g/mol. The summed E-state index contributed by atoms with van der Waals surface area (Å²) in [5, 5.41) is 12.8. The standard InChI is InChI=1S/C20H26N2O2/c1-14-8-9-18(21-13-14)15(2)22-19(23)17-7-5-6-16(12-17)10-11-20(3,4)24/h5-9,12-13,15,24H,10-11H2,1-4H3,(H,22,23). The Morgan fingerprint density at radius 2 is 2.04 bits per heavy atom. The van der Waals surface area contributed by atoms with Crippen LogP contribution in [0.3, 0.4) is 0 Å². The first kappa shape index (κ1) is 18.1. The van der Waals surface area contributed by atoms with Gasteiger partial charge in [-0.05, 0) is 69.9 Å². The molecule has 1 aromatic heterocycles. The Labute approximate surface area is 143 Å². The highest BCUT2D eigenvalue weighted by Crippen LogP contribution is 2.15. The predicted octanol–water partition coefficient (Wildman–Crippen LogP) is 3.58. The lowest BCUT2D eigenvalue weighted by Gasteiger charge is -2.17. The highest BCUT2D eigenvalue weighted by atomic mass is 16.3. The summed E-state index contributed by atoms with van der Waals surface area (Å²) in [5.74, 6) is -0.116. The number of aromatic nitrogens is 1. The van der Waals surface area contributed by atoms with Crippen LogP contribution in [-0.2, 0) is 6.42 Å². The van der Waals surface area contributed by atoms with E-state index in [1.165, 1.54) is 0 Å². The quantitative estimate of drug-likeness (QED) is 0.853. The number of pyridine rings is 1. The smallest absolute Gasteiger partial charge is 0.251 e. The summed E-state index contributed by atoms with van der Waals surface area (Å²) >= 11 is 0. The fraction of sp³-hybridized carbons (Fsp3) is 0.400. The number of nitrogens with one attached hydrogen (secondary N) is 1. The minimum atomic E-state index is -0.704. The van der Waals surface area contributed by atoms with Crippen LogP contribution in [0.15, 0.2) is 42.6 Å². The molecule has 4 nitrogen and oxygen atoms in total. The van der Waals surface area contributed by atoms with Crippen molar-refractivity contribution in [1.82, 2.24) is 10.3 Å². The van der Waals surface area contributed by atoms with Gasteiger partial charge in [0.15, 0.2) is 0 Å². The van der Waals surface area contributed by atoms with E-state index in [1.807, 2.05) is 44.2 Å². The minimum Gasteiger partial charge on any atom is -0.390 e. The Hall–Kier alpha value is -2.20. The third-order valence-electron chi connectivity index (χ3n) is 3.94. The number of nitrogens with zero attached hydrogens (tertiary/aromatic N) is 1. The second-order valence-electron chi connectivity index (χ2n) is 6.97. The zero-order valence-corrected chi connectivity index (χ0v) is 14.8. The zero-order valence-electron chi connectivity index (χ0n) is 14.8. The summed E-state index contributed by atoms with van der Waals surface area (Å²) in [6.45, 7) is 7.49. The van der Waals surface area contributed by atoms with Crippen molar-refractivity contribution < 1.29 is 9.90 Å². The van der Waals surface area contributed by atoms with Gasteiger partial charge in [-0.25, -0.2) is 0 Å². The third kappa shape index (κ3) is 5.46. The number of benzene rings is 1. The van der Waals surface area contributed by atoms with Crippen LogP contribution in [-0.4, -0.2) is 21.6 Å². The maximum Gasteiger partial charge on any atom is 0.251 e. The molecular formula is C20H26N2O2. The number of hydrogen-bond acceptors (Lipinski definition) is 3. The Morgan fingerprint density at radius 3 is 2.67 bits per heavy atom. The maximum atomic E-state index is 12.5. The summed E-state index contributed by atoms with van der Waals surface area (Å²) in [6, 6.07) is 11.3. The second kappa shape index (κ2) is 7.58. The Balaban J connectivity index is 2.02. The van der Waals surface area contributed by atoms with Crippen molar-refractivity contribution in [2.45, 2.75) is 52.2 Å². The number of amides is 1. The van der Waals surface area contributed by atoms with Crippen LogP contribution in [0.2, 0.25) is 0 Å². The van der Waals surface area contributed by atoms with E-state index < -0.39 is 5.60 Å². The number of carbonyl (C=O) groups is 1. The summed E-state index contributed by atoms with van der Waals surface area (Å²) in [7, 11) is 0. The number of aliphatic hydroxyl groups is 1. The van der Waals surface area contributed by atoms with Gasteiger partial charge in [-0.3, -0.25) is 9.78 Å². The molecule has 2 N–H and O–H groups in total. The van der Waals surface area contributed by atoms with Crippen molar-refractivity contribution >= 4 is 5.91 Å². The lowest BCUT2D eigenvalue weighted by Crippen LogP contribution is -2.27. The molecule has 1 atom stereocenters. The molecule has 0 saturated heterocycles. The van der Waals surface area contributed by atoms with Crippen molar-refractivity contribution in [3.05, 3.63) is 65.0 Å². The molecule has 4 heteroatoms. The van der Waals surface area contributed by atoms with Gasteiger partial charge in [0.2, 0.25) is 0 Å². The lowest BCUT2D eigenvalue weighted by molar-refractivity contribution is 0.0714. The molecule has 1 unspecified atom stereocenters. The average Bonchev–Trinajstić information content (AvgIpc) is 2.53. The van der Waals surface area contributed by atoms with Crippen molar-refractivity contribution in [3.63, 3.8) is 0 Å². The molecule has 0 saturated carbocycles. The molecule has 0 aliphatic rings. The molecule has 24 heavy (non-hydrogen) atoms. The summed E-state index contributed by atoms with van der Waals surface area (Å²) in [4.78, 5) is 16.8. The Kier molecular flexibility index (Phi) is 5.73. The maximum absolute atomic E-state index is 12.5. The largest absolute Gasteiger partial charge is 0.390 e. The lowest BCUT2D eigenvalue weighted by atomic mass is 9.98. The third-order valence-corrected chi connectivity index (χ3v) is 3.94. The number of aryl methyl sites for hydroxylation is 2. The SMILES string of the molecule is Cc1ccc(C(C)NC(=O)c2cccc(CCC(C)(C)O)c2)nc1. The van der Waals surface area contributed by atoms with Gasteiger partial charge in [-0.1, -0.05) is 18.2 Å². The van der Waals surface area contributed by atoms with Crippen LogP contribution in [0, 0.1) is 6.92 Å². The summed E-state index contributed by atoms with van der Waals surface area (Å²) in [6.07, 6.45) is 3.19. The Morgan fingerprint density at radius 1 is 1.29 bits per heavy atom. The van der Waals surface area contributed by atoms with Gasteiger partial charge in [-0.15, -0.1) is 0 Å². The topological polar surface area (TPSA) is 62.2 Å². The van der Waals surface area contributed by atoms with E-state index in [-0.39, 0.29) is 11.9 Å². The van der Waals surface area contributed by atoms with Gasteiger partial charge in [-0.2, -0.15) is 0 Å². The van der Waals surface area contributed by atoms with Crippen LogP contribution in [0.4, 0.5) is 0 Å². The first-order chi connectivity index (χ1) is 11.2. The minimum absolute atomic E-state index is 0.116. The predicted molar refractivity (Wildman–Crippen MR) is 95.9 cm³/mol. The van der Waals surface area contributed by atoms with E-state index in [0.717, 1.165) is 23.2 Å². The molecule has 0 bridgehead atoms. The molecule has 0 spiro atoms. The van der Waals surface area contributed by atoms with Gasteiger partial charge < -0.3 is 10.4 Å². The number of carbonyl (C=O) groups excluding carboxylic acids is 1.